The van der Waals surface area contributed by atoms with E-state index >= 15 is 0 Å². The van der Waals surface area contributed by atoms with Crippen LogP contribution < -0.4 is 5.32 Å². The van der Waals surface area contributed by atoms with Gasteiger partial charge in [0, 0.05) is 23.3 Å². The van der Waals surface area contributed by atoms with Crippen molar-refractivity contribution in [1.29, 1.82) is 5.26 Å². The lowest BCUT2D eigenvalue weighted by Gasteiger charge is -2.19. The zero-order valence-corrected chi connectivity index (χ0v) is 15.3. The van der Waals surface area contributed by atoms with Crippen molar-refractivity contribution in [2.75, 3.05) is 12.0 Å². The molecule has 24 heavy (non-hydrogen) atoms. The molecule has 0 saturated heterocycles. The third kappa shape index (κ3) is 4.74. The monoisotopic (exact) mass is 366 g/mol. The van der Waals surface area contributed by atoms with E-state index in [0.717, 1.165) is 19.3 Å². The van der Waals surface area contributed by atoms with Crippen molar-refractivity contribution in [2.24, 2.45) is 0 Å². The Hall–Kier alpha value is -1.52. The Balaban J connectivity index is 2.01. The van der Waals surface area contributed by atoms with Crippen molar-refractivity contribution in [3.8, 4) is 6.07 Å². The summed E-state index contributed by atoms with van der Waals surface area (Å²) in [6, 6.07) is 8.16. The van der Waals surface area contributed by atoms with Crippen LogP contribution in [-0.4, -0.2) is 37.6 Å². The second kappa shape index (κ2) is 8.54. The second-order valence-electron chi connectivity index (χ2n) is 5.89. The van der Waals surface area contributed by atoms with Gasteiger partial charge >= 0.3 is 0 Å². The molecule has 1 aromatic carbocycles. The summed E-state index contributed by atoms with van der Waals surface area (Å²) in [5, 5.41) is 12.0. The fourth-order valence-electron chi connectivity index (χ4n) is 2.90. The maximum absolute atomic E-state index is 12.3. The lowest BCUT2D eigenvalue weighted by atomic mass is 10.2. The van der Waals surface area contributed by atoms with Gasteiger partial charge in [-0.3, -0.25) is 4.79 Å². The van der Waals surface area contributed by atoms with Crippen LogP contribution in [0.25, 0.3) is 0 Å². The number of carbonyl (C=O) groups is 1. The average molecular weight is 367 g/mol. The molecule has 1 aromatic rings. The minimum Gasteiger partial charge on any atom is -0.348 e. The highest BCUT2D eigenvalue weighted by Gasteiger charge is 2.28. The normalized spacial score (nSPS) is 20.5. The quantitative estimate of drug-likeness (QED) is 0.750. The van der Waals surface area contributed by atoms with Crippen molar-refractivity contribution in [2.45, 2.75) is 48.3 Å². The fraction of sp³-hybridized carbons (Fsp3) is 0.529. The van der Waals surface area contributed by atoms with Crippen molar-refractivity contribution in [1.82, 2.24) is 5.32 Å². The second-order valence-corrected chi connectivity index (χ2v) is 9.08. The Bertz CT molecular complexity index is 708. The molecule has 0 radical (unpaired) electrons. The molecule has 0 aromatic heterocycles. The van der Waals surface area contributed by atoms with Crippen molar-refractivity contribution >= 4 is 27.5 Å². The highest BCUT2D eigenvalue weighted by molar-refractivity contribution is 7.99. The molecular formula is C17H22N2O3S2. The molecule has 1 amide bonds. The first-order valence-electron chi connectivity index (χ1n) is 8.01. The maximum atomic E-state index is 12.3. The molecule has 1 N–H and O–H groups in total. The van der Waals surface area contributed by atoms with Gasteiger partial charge in [-0.15, -0.1) is 0 Å². The predicted molar refractivity (Wildman–Crippen MR) is 95.8 cm³/mol. The summed E-state index contributed by atoms with van der Waals surface area (Å²) >= 11 is 1.78. The Kier molecular flexibility index (Phi) is 6.69. The van der Waals surface area contributed by atoms with E-state index in [4.69, 9.17) is 5.26 Å². The summed E-state index contributed by atoms with van der Waals surface area (Å²) in [6.45, 7) is 0. The SMILES string of the molecule is CS[C@@H]1CCC[C@@H]1NC(=O)c1ccc(S(=O)(=O)CCCC#N)cc1. The van der Waals surface area contributed by atoms with Crippen LogP contribution >= 0.6 is 11.8 Å². The lowest BCUT2D eigenvalue weighted by molar-refractivity contribution is 0.0938. The molecule has 7 heteroatoms. The molecule has 2 atom stereocenters. The van der Waals surface area contributed by atoms with Gasteiger partial charge in [-0.2, -0.15) is 17.0 Å². The zero-order chi connectivity index (χ0) is 17.6. The van der Waals surface area contributed by atoms with Crippen LogP contribution in [-0.2, 0) is 9.84 Å². The number of rotatable bonds is 7. The molecule has 0 bridgehead atoms. The molecule has 0 unspecified atom stereocenters. The summed E-state index contributed by atoms with van der Waals surface area (Å²) in [6.07, 6.45) is 5.82. The number of benzene rings is 1. The molecule has 0 heterocycles. The van der Waals surface area contributed by atoms with Gasteiger partial charge in [0.2, 0.25) is 0 Å². The molecule has 2 rings (SSSR count). The highest BCUT2D eigenvalue weighted by Crippen LogP contribution is 2.28. The van der Waals surface area contributed by atoms with Gasteiger partial charge in [0.15, 0.2) is 9.84 Å². The molecule has 0 spiro atoms. The van der Waals surface area contributed by atoms with E-state index in [2.05, 4.69) is 11.6 Å². The Morgan fingerprint density at radius 1 is 1.33 bits per heavy atom. The first-order chi connectivity index (χ1) is 11.5. The smallest absolute Gasteiger partial charge is 0.251 e. The molecule has 1 aliphatic carbocycles. The van der Waals surface area contributed by atoms with E-state index in [0.29, 0.717) is 17.2 Å². The Morgan fingerprint density at radius 2 is 2.04 bits per heavy atom. The lowest BCUT2D eigenvalue weighted by Crippen LogP contribution is -2.38. The standard InChI is InChI=1S/C17H22N2O3S2/c1-23-16-6-4-5-15(16)19-17(20)13-7-9-14(10-8-13)24(21,22)12-3-2-11-18/h7-10,15-16H,2-6,12H2,1H3,(H,19,20)/t15-,16+/m0/s1. The van der Waals surface area contributed by atoms with Crippen LogP contribution in [0.5, 0.6) is 0 Å². The topological polar surface area (TPSA) is 87.0 Å². The first kappa shape index (κ1) is 18.8. The average Bonchev–Trinajstić information content (AvgIpc) is 3.02. The molecular weight excluding hydrogens is 344 g/mol. The van der Waals surface area contributed by atoms with Gasteiger partial charge in [-0.25, -0.2) is 8.42 Å². The van der Waals surface area contributed by atoms with E-state index in [1.165, 1.54) is 12.1 Å². The van der Waals surface area contributed by atoms with Gasteiger partial charge in [-0.05, 0) is 49.8 Å². The molecule has 0 aliphatic heterocycles. The number of hydrogen-bond donors (Lipinski definition) is 1. The molecule has 1 saturated carbocycles. The van der Waals surface area contributed by atoms with E-state index in [1.54, 1.807) is 23.9 Å². The van der Waals surface area contributed by atoms with Crippen LogP contribution in [0.4, 0.5) is 0 Å². The number of nitrogens with zero attached hydrogens (tertiary/aromatic N) is 1. The third-order valence-electron chi connectivity index (χ3n) is 4.25. The number of unbranched alkanes of at least 4 members (excludes halogenated alkanes) is 1. The third-order valence-corrected chi connectivity index (χ3v) is 7.24. The zero-order valence-electron chi connectivity index (χ0n) is 13.7. The Morgan fingerprint density at radius 3 is 2.67 bits per heavy atom. The van der Waals surface area contributed by atoms with Gasteiger partial charge in [0.05, 0.1) is 16.7 Å². The fourth-order valence-corrected chi connectivity index (χ4v) is 5.14. The van der Waals surface area contributed by atoms with Crippen LogP contribution in [0, 0.1) is 11.3 Å². The van der Waals surface area contributed by atoms with Crippen LogP contribution in [0.15, 0.2) is 29.2 Å². The number of nitrogens with one attached hydrogen (secondary N) is 1. The van der Waals surface area contributed by atoms with Gasteiger partial charge in [-0.1, -0.05) is 6.42 Å². The van der Waals surface area contributed by atoms with E-state index in [9.17, 15) is 13.2 Å². The summed E-state index contributed by atoms with van der Waals surface area (Å²) in [4.78, 5) is 12.5. The van der Waals surface area contributed by atoms with Gasteiger partial charge < -0.3 is 5.32 Å². The summed E-state index contributed by atoms with van der Waals surface area (Å²) in [5.41, 5.74) is 0.470. The van der Waals surface area contributed by atoms with E-state index < -0.39 is 9.84 Å². The summed E-state index contributed by atoms with van der Waals surface area (Å²) in [7, 11) is -3.40. The first-order valence-corrected chi connectivity index (χ1v) is 11.0. The number of thioether (sulfide) groups is 1. The van der Waals surface area contributed by atoms with E-state index in [1.807, 2.05) is 6.07 Å². The predicted octanol–water partition coefficient (Wildman–Crippen LogP) is 2.78. The number of nitriles is 1. The summed E-state index contributed by atoms with van der Waals surface area (Å²) in [5.74, 6) is -0.210. The number of hydrogen-bond acceptors (Lipinski definition) is 5. The number of sulfone groups is 1. The molecule has 130 valence electrons. The summed E-state index contributed by atoms with van der Waals surface area (Å²) < 4.78 is 24.3. The number of carbonyl (C=O) groups excluding carboxylic acids is 1. The minimum atomic E-state index is -3.40. The Labute approximate surface area is 147 Å². The van der Waals surface area contributed by atoms with Crippen molar-refractivity contribution in [3.05, 3.63) is 29.8 Å². The number of amides is 1. The van der Waals surface area contributed by atoms with Crippen LogP contribution in [0.2, 0.25) is 0 Å². The molecule has 5 nitrogen and oxygen atoms in total. The maximum Gasteiger partial charge on any atom is 0.251 e. The van der Waals surface area contributed by atoms with Gasteiger partial charge in [0.1, 0.15) is 0 Å². The van der Waals surface area contributed by atoms with Crippen LogP contribution in [0.1, 0.15) is 42.5 Å². The van der Waals surface area contributed by atoms with Crippen molar-refractivity contribution in [3.63, 3.8) is 0 Å². The minimum absolute atomic E-state index is 0.0520. The highest BCUT2D eigenvalue weighted by atomic mass is 32.2. The largest absolute Gasteiger partial charge is 0.348 e. The van der Waals surface area contributed by atoms with Gasteiger partial charge in [0.25, 0.3) is 5.91 Å². The van der Waals surface area contributed by atoms with Crippen LogP contribution in [0.3, 0.4) is 0 Å². The van der Waals surface area contributed by atoms with E-state index in [-0.39, 0.29) is 29.0 Å². The van der Waals surface area contributed by atoms with Crippen molar-refractivity contribution < 1.29 is 13.2 Å². The molecule has 1 fully saturated rings. The molecule has 1 aliphatic rings.